The van der Waals surface area contributed by atoms with Gasteiger partial charge in [0.2, 0.25) is 0 Å². The number of thiophene rings is 1. The van der Waals surface area contributed by atoms with Gasteiger partial charge in [-0.2, -0.15) is 0 Å². The molecule has 0 spiro atoms. The fourth-order valence-corrected chi connectivity index (χ4v) is 2.88. The van der Waals surface area contributed by atoms with Gasteiger partial charge in [0.1, 0.15) is 5.82 Å². The molecule has 0 aliphatic carbocycles. The topological polar surface area (TPSA) is 61.4 Å². The number of carbonyl (C=O) groups excluding carboxylic acids is 1. The molecule has 1 atom stereocenters. The second-order valence-electron chi connectivity index (χ2n) is 4.76. The Kier molecular flexibility index (Phi) is 5.76. The van der Waals surface area contributed by atoms with Crippen LogP contribution in [0.15, 0.2) is 29.6 Å². The molecule has 0 bridgehead atoms. The first kappa shape index (κ1) is 16.7. The molecule has 0 aliphatic heterocycles. The molecule has 1 aromatic heterocycles. The third-order valence-electron chi connectivity index (χ3n) is 3.21. The highest BCUT2D eigenvalue weighted by atomic mass is 35.5. The third kappa shape index (κ3) is 4.19. The van der Waals surface area contributed by atoms with E-state index in [2.05, 4.69) is 10.6 Å². The van der Waals surface area contributed by atoms with E-state index in [0.29, 0.717) is 12.1 Å². The molecule has 1 aromatic carbocycles. The van der Waals surface area contributed by atoms with Gasteiger partial charge >= 0.3 is 6.03 Å². The van der Waals surface area contributed by atoms with E-state index in [1.165, 1.54) is 12.1 Å². The van der Waals surface area contributed by atoms with Crippen LogP contribution >= 0.6 is 22.9 Å². The molecule has 0 saturated heterocycles. The number of aliphatic hydroxyl groups is 1. The highest BCUT2D eigenvalue weighted by Crippen LogP contribution is 2.20. The average molecular weight is 343 g/mol. The molecule has 1 unspecified atom stereocenters. The van der Waals surface area contributed by atoms with Crippen molar-refractivity contribution in [1.29, 1.82) is 0 Å². The van der Waals surface area contributed by atoms with Crippen LogP contribution in [-0.2, 0) is 6.54 Å². The van der Waals surface area contributed by atoms with Crippen LogP contribution in [0.2, 0.25) is 5.02 Å². The third-order valence-corrected chi connectivity index (χ3v) is 4.54. The van der Waals surface area contributed by atoms with E-state index < -0.39 is 17.9 Å². The van der Waals surface area contributed by atoms with Crippen molar-refractivity contribution in [1.82, 2.24) is 10.6 Å². The lowest BCUT2D eigenvalue weighted by molar-refractivity contribution is 0.216. The molecule has 0 aliphatic rings. The van der Waals surface area contributed by atoms with E-state index in [1.54, 1.807) is 17.4 Å². The zero-order valence-corrected chi connectivity index (χ0v) is 13.5. The van der Waals surface area contributed by atoms with Gasteiger partial charge in [0.15, 0.2) is 0 Å². The number of carbonyl (C=O) groups is 1. The Balaban J connectivity index is 1.95. The van der Waals surface area contributed by atoms with Crippen LogP contribution in [0, 0.1) is 12.7 Å². The van der Waals surface area contributed by atoms with Crippen molar-refractivity contribution < 1.29 is 14.3 Å². The SMILES string of the molecule is Cc1ccsc1CNC(=O)NC(CO)c1ccc(Cl)c(F)c1. The van der Waals surface area contributed by atoms with Crippen LogP contribution in [0.3, 0.4) is 0 Å². The van der Waals surface area contributed by atoms with Gasteiger partial charge < -0.3 is 15.7 Å². The molecule has 3 N–H and O–H groups in total. The standard InChI is InChI=1S/C15H16ClFN2O2S/c1-9-4-5-22-14(9)7-18-15(21)19-13(8-20)10-2-3-11(16)12(17)6-10/h2-6,13,20H,7-8H2,1H3,(H2,18,19,21). The van der Waals surface area contributed by atoms with Crippen molar-refractivity contribution in [2.75, 3.05) is 6.61 Å². The number of halogens is 2. The lowest BCUT2D eigenvalue weighted by Crippen LogP contribution is -2.38. The molecule has 2 aromatic rings. The summed E-state index contributed by atoms with van der Waals surface area (Å²) in [6.45, 7) is 2.04. The summed E-state index contributed by atoms with van der Waals surface area (Å²) in [6, 6.07) is 5.01. The van der Waals surface area contributed by atoms with E-state index in [-0.39, 0.29) is 11.6 Å². The molecule has 22 heavy (non-hydrogen) atoms. The Bertz CT molecular complexity index is 663. The Labute approximate surface area is 136 Å². The van der Waals surface area contributed by atoms with Crippen molar-refractivity contribution in [3.05, 3.63) is 56.5 Å². The minimum absolute atomic E-state index is 0.00179. The van der Waals surface area contributed by atoms with Crippen LogP contribution in [0.25, 0.3) is 0 Å². The summed E-state index contributed by atoms with van der Waals surface area (Å²) < 4.78 is 13.5. The van der Waals surface area contributed by atoms with Gasteiger partial charge in [-0.25, -0.2) is 9.18 Å². The number of amides is 2. The summed E-state index contributed by atoms with van der Waals surface area (Å²) in [7, 11) is 0. The predicted octanol–water partition coefficient (Wildman–Crippen LogP) is 3.38. The van der Waals surface area contributed by atoms with Crippen molar-refractivity contribution in [3.63, 3.8) is 0 Å². The fourth-order valence-electron chi connectivity index (χ4n) is 1.92. The maximum absolute atomic E-state index is 13.5. The molecule has 2 amide bonds. The number of hydrogen-bond donors (Lipinski definition) is 3. The fraction of sp³-hybridized carbons (Fsp3) is 0.267. The van der Waals surface area contributed by atoms with Crippen molar-refractivity contribution in [2.45, 2.75) is 19.5 Å². The van der Waals surface area contributed by atoms with Gasteiger partial charge in [-0.1, -0.05) is 17.7 Å². The molecule has 7 heteroatoms. The van der Waals surface area contributed by atoms with Gasteiger partial charge in [-0.15, -0.1) is 11.3 Å². The Morgan fingerprint density at radius 2 is 2.23 bits per heavy atom. The number of aliphatic hydroxyl groups excluding tert-OH is 1. The highest BCUT2D eigenvalue weighted by molar-refractivity contribution is 7.10. The lowest BCUT2D eigenvalue weighted by Gasteiger charge is -2.17. The minimum atomic E-state index is -0.698. The molecule has 118 valence electrons. The van der Waals surface area contributed by atoms with Crippen molar-refractivity contribution >= 4 is 29.0 Å². The number of hydrogen-bond acceptors (Lipinski definition) is 3. The largest absolute Gasteiger partial charge is 0.394 e. The summed E-state index contributed by atoms with van der Waals surface area (Å²) in [5, 5.41) is 16.7. The van der Waals surface area contributed by atoms with Crippen molar-refractivity contribution in [3.8, 4) is 0 Å². The Hall–Kier alpha value is -1.63. The maximum Gasteiger partial charge on any atom is 0.315 e. The molecule has 0 fully saturated rings. The average Bonchev–Trinajstić information content (AvgIpc) is 2.91. The normalized spacial score (nSPS) is 12.0. The first-order valence-electron chi connectivity index (χ1n) is 6.64. The van der Waals surface area contributed by atoms with Crippen LogP contribution in [0.4, 0.5) is 9.18 Å². The van der Waals surface area contributed by atoms with E-state index in [9.17, 15) is 14.3 Å². The summed E-state index contributed by atoms with van der Waals surface area (Å²) in [6.07, 6.45) is 0. The number of rotatable bonds is 5. The van der Waals surface area contributed by atoms with Crippen LogP contribution < -0.4 is 10.6 Å². The highest BCUT2D eigenvalue weighted by Gasteiger charge is 2.15. The summed E-state index contributed by atoms with van der Waals surface area (Å²) in [4.78, 5) is 13.0. The molecule has 1 heterocycles. The lowest BCUT2D eigenvalue weighted by atomic mass is 10.1. The van der Waals surface area contributed by atoms with Crippen LogP contribution in [-0.4, -0.2) is 17.7 Å². The van der Waals surface area contributed by atoms with Gasteiger partial charge in [0, 0.05) is 4.88 Å². The van der Waals surface area contributed by atoms with Crippen molar-refractivity contribution in [2.24, 2.45) is 0 Å². The second-order valence-corrected chi connectivity index (χ2v) is 6.17. The predicted molar refractivity (Wildman–Crippen MR) is 85.7 cm³/mol. The maximum atomic E-state index is 13.5. The molecule has 0 radical (unpaired) electrons. The van der Waals surface area contributed by atoms with Gasteiger partial charge in [-0.05, 0) is 41.6 Å². The molecule has 0 saturated carbocycles. The Morgan fingerprint density at radius 3 is 2.82 bits per heavy atom. The first-order chi connectivity index (χ1) is 10.5. The molecule has 4 nitrogen and oxygen atoms in total. The second kappa shape index (κ2) is 7.58. The number of nitrogens with one attached hydrogen (secondary N) is 2. The van der Waals surface area contributed by atoms with Gasteiger partial charge in [0.05, 0.1) is 24.2 Å². The number of urea groups is 1. The molecule has 2 rings (SSSR count). The summed E-state index contributed by atoms with van der Waals surface area (Å²) in [5.41, 5.74) is 1.57. The van der Waals surface area contributed by atoms with E-state index in [4.69, 9.17) is 11.6 Å². The zero-order chi connectivity index (χ0) is 16.1. The minimum Gasteiger partial charge on any atom is -0.394 e. The summed E-state index contributed by atoms with van der Waals surface area (Å²) >= 11 is 7.18. The summed E-state index contributed by atoms with van der Waals surface area (Å²) in [5.74, 6) is -0.589. The number of benzene rings is 1. The van der Waals surface area contributed by atoms with E-state index in [0.717, 1.165) is 10.4 Å². The van der Waals surface area contributed by atoms with Crippen LogP contribution in [0.5, 0.6) is 0 Å². The quantitative estimate of drug-likeness (QED) is 0.780. The first-order valence-corrected chi connectivity index (χ1v) is 7.90. The van der Waals surface area contributed by atoms with Crippen LogP contribution in [0.1, 0.15) is 22.0 Å². The monoisotopic (exact) mass is 342 g/mol. The molecular weight excluding hydrogens is 327 g/mol. The van der Waals surface area contributed by atoms with E-state index in [1.807, 2.05) is 18.4 Å². The zero-order valence-electron chi connectivity index (χ0n) is 11.9. The van der Waals surface area contributed by atoms with E-state index >= 15 is 0 Å². The van der Waals surface area contributed by atoms with Gasteiger partial charge in [0.25, 0.3) is 0 Å². The Morgan fingerprint density at radius 1 is 1.45 bits per heavy atom. The van der Waals surface area contributed by atoms with Gasteiger partial charge in [-0.3, -0.25) is 0 Å². The molecular formula is C15H16ClFN2O2S. The smallest absolute Gasteiger partial charge is 0.315 e. The number of aryl methyl sites for hydroxylation is 1.